The first-order chi connectivity index (χ1) is 10.1. The van der Waals surface area contributed by atoms with Gasteiger partial charge in [-0.3, -0.25) is 4.90 Å². The van der Waals surface area contributed by atoms with Gasteiger partial charge >= 0.3 is 12.1 Å². The molecular weight excluding hydrogens is 268 g/mol. The molecule has 6 nitrogen and oxygen atoms in total. The Kier molecular flexibility index (Phi) is 4.40. The maximum absolute atomic E-state index is 11.7. The molecular formula is C15H16N4O2. The van der Waals surface area contributed by atoms with Crippen LogP contribution in [-0.4, -0.2) is 12.1 Å². The van der Waals surface area contributed by atoms with Gasteiger partial charge in [-0.1, -0.05) is 42.5 Å². The molecule has 0 aromatic heterocycles. The highest BCUT2D eigenvalue weighted by Crippen LogP contribution is 2.26. The molecule has 2 aromatic rings. The Bertz CT molecular complexity index is 643. The Morgan fingerprint density at radius 2 is 1.57 bits per heavy atom. The number of primary amides is 2. The van der Waals surface area contributed by atoms with Crippen molar-refractivity contribution >= 4 is 23.4 Å². The summed E-state index contributed by atoms with van der Waals surface area (Å²) >= 11 is 0. The molecule has 2 rings (SSSR count). The van der Waals surface area contributed by atoms with Crippen molar-refractivity contribution in [3.05, 3.63) is 60.2 Å². The van der Waals surface area contributed by atoms with Crippen LogP contribution < -0.4 is 21.7 Å². The van der Waals surface area contributed by atoms with Gasteiger partial charge in [0.25, 0.3) is 0 Å². The largest absolute Gasteiger partial charge is 0.351 e. The zero-order valence-electron chi connectivity index (χ0n) is 11.3. The number of carbonyl (C=O) groups is 2. The van der Waals surface area contributed by atoms with E-state index >= 15 is 0 Å². The Hall–Kier alpha value is -3.02. The van der Waals surface area contributed by atoms with E-state index in [1.807, 2.05) is 30.3 Å². The average Bonchev–Trinajstić information content (AvgIpc) is 2.46. The zero-order chi connectivity index (χ0) is 15.2. The molecule has 0 saturated carbocycles. The summed E-state index contributed by atoms with van der Waals surface area (Å²) in [4.78, 5) is 24.2. The van der Waals surface area contributed by atoms with E-state index in [0.29, 0.717) is 17.9 Å². The van der Waals surface area contributed by atoms with Gasteiger partial charge in [0.1, 0.15) is 0 Å². The van der Waals surface area contributed by atoms with Crippen LogP contribution in [0.3, 0.4) is 0 Å². The molecule has 2 aromatic carbocycles. The second-order valence-electron chi connectivity index (χ2n) is 4.42. The number of hydrogen-bond donors (Lipinski definition) is 3. The Labute approximate surface area is 122 Å². The third-order valence-corrected chi connectivity index (χ3v) is 2.90. The van der Waals surface area contributed by atoms with Crippen molar-refractivity contribution in [2.75, 3.05) is 10.2 Å². The molecule has 108 valence electrons. The first kappa shape index (κ1) is 14.4. The maximum atomic E-state index is 11.7. The van der Waals surface area contributed by atoms with Crippen molar-refractivity contribution in [1.29, 1.82) is 0 Å². The van der Waals surface area contributed by atoms with E-state index < -0.39 is 12.1 Å². The summed E-state index contributed by atoms with van der Waals surface area (Å²) < 4.78 is 0. The van der Waals surface area contributed by atoms with Gasteiger partial charge in [-0.25, -0.2) is 9.59 Å². The van der Waals surface area contributed by atoms with Crippen LogP contribution in [0.1, 0.15) is 5.56 Å². The number of nitrogens with two attached hydrogens (primary N) is 2. The second kappa shape index (κ2) is 6.42. The lowest BCUT2D eigenvalue weighted by molar-refractivity contribution is 0.253. The van der Waals surface area contributed by atoms with Gasteiger partial charge in [0.15, 0.2) is 0 Å². The van der Waals surface area contributed by atoms with Crippen LogP contribution in [0, 0.1) is 0 Å². The number of nitrogens with zero attached hydrogens (tertiary/aromatic N) is 1. The quantitative estimate of drug-likeness (QED) is 0.802. The van der Waals surface area contributed by atoms with Gasteiger partial charge < -0.3 is 16.8 Å². The molecule has 0 aliphatic carbocycles. The smallest absolute Gasteiger partial charge is 0.319 e. The first-order valence-electron chi connectivity index (χ1n) is 6.34. The van der Waals surface area contributed by atoms with Crippen LogP contribution in [0.4, 0.5) is 21.0 Å². The van der Waals surface area contributed by atoms with Gasteiger partial charge in [-0.2, -0.15) is 0 Å². The van der Waals surface area contributed by atoms with E-state index in [9.17, 15) is 9.59 Å². The molecule has 0 atom stereocenters. The van der Waals surface area contributed by atoms with Crippen molar-refractivity contribution in [3.63, 3.8) is 0 Å². The third kappa shape index (κ3) is 3.73. The fraction of sp³-hybridized carbons (Fsp3) is 0.0667. The molecule has 0 heterocycles. The molecule has 0 aliphatic rings. The number of carbonyl (C=O) groups excluding carboxylic acids is 2. The Morgan fingerprint density at radius 3 is 2.19 bits per heavy atom. The van der Waals surface area contributed by atoms with Gasteiger partial charge in [0, 0.05) is 0 Å². The summed E-state index contributed by atoms with van der Waals surface area (Å²) in [6.07, 6.45) is 0. The number of urea groups is 2. The van der Waals surface area contributed by atoms with Gasteiger partial charge in [-0.05, 0) is 17.7 Å². The molecule has 5 N–H and O–H groups in total. The standard InChI is InChI=1S/C15H16N4O2/c16-14(20)18-12-8-4-5-9-13(12)19(15(17)21)10-11-6-2-1-3-7-11/h1-9H,10H2,(H2,17,21)(H3,16,18,20). The molecule has 0 spiro atoms. The molecule has 0 bridgehead atoms. The zero-order valence-corrected chi connectivity index (χ0v) is 11.3. The summed E-state index contributed by atoms with van der Waals surface area (Å²) in [5.41, 5.74) is 12.4. The maximum Gasteiger partial charge on any atom is 0.319 e. The fourth-order valence-electron chi connectivity index (χ4n) is 2.00. The average molecular weight is 284 g/mol. The monoisotopic (exact) mass is 284 g/mol. The van der Waals surface area contributed by atoms with Crippen LogP contribution >= 0.6 is 0 Å². The van der Waals surface area contributed by atoms with Crippen LogP contribution in [0.25, 0.3) is 0 Å². The molecule has 0 saturated heterocycles. The van der Waals surface area contributed by atoms with E-state index in [-0.39, 0.29) is 0 Å². The van der Waals surface area contributed by atoms with Crippen molar-refractivity contribution in [2.24, 2.45) is 11.5 Å². The summed E-state index contributed by atoms with van der Waals surface area (Å²) in [7, 11) is 0. The molecule has 21 heavy (non-hydrogen) atoms. The summed E-state index contributed by atoms with van der Waals surface area (Å²) in [6.45, 7) is 0.299. The van der Waals surface area contributed by atoms with Crippen LogP contribution in [-0.2, 0) is 6.54 Å². The Balaban J connectivity index is 2.35. The van der Waals surface area contributed by atoms with Crippen LogP contribution in [0.15, 0.2) is 54.6 Å². The summed E-state index contributed by atoms with van der Waals surface area (Å²) in [6, 6.07) is 14.9. The number of hydrogen-bond acceptors (Lipinski definition) is 2. The van der Waals surface area contributed by atoms with Crippen LogP contribution in [0.2, 0.25) is 0 Å². The molecule has 0 unspecified atom stereocenters. The number of para-hydroxylation sites is 2. The number of anilines is 2. The topological polar surface area (TPSA) is 101 Å². The molecule has 0 aliphatic heterocycles. The summed E-state index contributed by atoms with van der Waals surface area (Å²) in [5.74, 6) is 0. The predicted octanol–water partition coefficient (Wildman–Crippen LogP) is 2.26. The third-order valence-electron chi connectivity index (χ3n) is 2.90. The van der Waals surface area contributed by atoms with E-state index in [4.69, 9.17) is 11.5 Å². The normalized spacial score (nSPS) is 9.90. The van der Waals surface area contributed by atoms with Crippen LogP contribution in [0.5, 0.6) is 0 Å². The molecule has 4 amide bonds. The van der Waals surface area contributed by atoms with Crippen molar-refractivity contribution in [2.45, 2.75) is 6.54 Å². The number of rotatable bonds is 4. The lowest BCUT2D eigenvalue weighted by atomic mass is 10.2. The SMILES string of the molecule is NC(=O)Nc1ccccc1N(Cc1ccccc1)C(N)=O. The molecule has 6 heteroatoms. The minimum Gasteiger partial charge on any atom is -0.351 e. The van der Waals surface area contributed by atoms with E-state index in [1.165, 1.54) is 4.90 Å². The lowest BCUT2D eigenvalue weighted by Crippen LogP contribution is -2.36. The van der Waals surface area contributed by atoms with Crippen molar-refractivity contribution in [3.8, 4) is 0 Å². The predicted molar refractivity (Wildman–Crippen MR) is 81.9 cm³/mol. The highest BCUT2D eigenvalue weighted by atomic mass is 16.2. The Morgan fingerprint density at radius 1 is 0.952 bits per heavy atom. The van der Waals surface area contributed by atoms with Gasteiger partial charge in [-0.15, -0.1) is 0 Å². The van der Waals surface area contributed by atoms with Gasteiger partial charge in [0.2, 0.25) is 0 Å². The highest BCUT2D eigenvalue weighted by Gasteiger charge is 2.17. The van der Waals surface area contributed by atoms with Gasteiger partial charge in [0.05, 0.1) is 17.9 Å². The summed E-state index contributed by atoms with van der Waals surface area (Å²) in [5, 5.41) is 2.48. The highest BCUT2D eigenvalue weighted by molar-refractivity contribution is 5.98. The minimum atomic E-state index is -0.702. The lowest BCUT2D eigenvalue weighted by Gasteiger charge is -2.23. The number of benzene rings is 2. The van der Waals surface area contributed by atoms with E-state index in [1.54, 1.807) is 24.3 Å². The number of amides is 4. The first-order valence-corrected chi connectivity index (χ1v) is 6.34. The second-order valence-corrected chi connectivity index (χ2v) is 4.42. The van der Waals surface area contributed by atoms with Crippen molar-refractivity contribution < 1.29 is 9.59 Å². The minimum absolute atomic E-state index is 0.299. The molecule has 0 fully saturated rings. The van der Waals surface area contributed by atoms with E-state index in [0.717, 1.165) is 5.56 Å². The fourth-order valence-corrected chi connectivity index (χ4v) is 2.00. The number of nitrogens with one attached hydrogen (secondary N) is 1. The molecule has 0 radical (unpaired) electrons. The van der Waals surface area contributed by atoms with Crippen molar-refractivity contribution in [1.82, 2.24) is 0 Å². The van der Waals surface area contributed by atoms with E-state index in [2.05, 4.69) is 5.32 Å².